The summed E-state index contributed by atoms with van der Waals surface area (Å²) >= 11 is 0. The summed E-state index contributed by atoms with van der Waals surface area (Å²) in [5.74, 6) is -2.23. The normalized spacial score (nSPS) is 19.0. The fourth-order valence-electron chi connectivity index (χ4n) is 7.05. The van der Waals surface area contributed by atoms with Gasteiger partial charge in [0.1, 0.15) is 18.1 Å². The van der Waals surface area contributed by atoms with Crippen molar-refractivity contribution in [3.8, 4) is 0 Å². The average molecular weight is 705 g/mol. The minimum absolute atomic E-state index is 0.0284. The lowest BCUT2D eigenvalue weighted by Crippen LogP contribution is -2.56. The van der Waals surface area contributed by atoms with Crippen molar-refractivity contribution in [3.63, 3.8) is 0 Å². The first-order valence-electron chi connectivity index (χ1n) is 18.4. The van der Waals surface area contributed by atoms with E-state index in [0.717, 1.165) is 48.8 Å². The monoisotopic (exact) mass is 704 g/mol. The fraction of sp³-hybridized carbons (Fsp3) is 0.564. The van der Waals surface area contributed by atoms with Crippen molar-refractivity contribution < 1.29 is 29.1 Å². The highest BCUT2D eigenvalue weighted by atomic mass is 16.3. The molecule has 4 rings (SSSR count). The highest BCUT2D eigenvalue weighted by Crippen LogP contribution is 2.28. The molecule has 2 aromatic carbocycles. The SMILES string of the molecule is CC(C)C[C@H](NC(=O)C[C@H](O)[C@H](CC1CCCCC1)NC(=O)[C@H](C)NC(=O)C1Cc2ccccc2CN1)C(=O)N[C@@H](Cc1ccccc1)C(N)=O. The molecule has 278 valence electrons. The predicted molar refractivity (Wildman–Crippen MR) is 195 cm³/mol. The molecule has 8 N–H and O–H groups in total. The van der Waals surface area contributed by atoms with Gasteiger partial charge < -0.3 is 37.4 Å². The summed E-state index contributed by atoms with van der Waals surface area (Å²) in [6, 6.07) is 13.1. The number of rotatable bonds is 17. The van der Waals surface area contributed by atoms with E-state index in [4.69, 9.17) is 5.73 Å². The number of carbonyl (C=O) groups excluding carboxylic acids is 5. The number of aliphatic hydroxyl groups excluding tert-OH is 1. The topological polar surface area (TPSA) is 192 Å². The van der Waals surface area contributed by atoms with E-state index >= 15 is 0 Å². The summed E-state index contributed by atoms with van der Waals surface area (Å²) < 4.78 is 0. The van der Waals surface area contributed by atoms with Gasteiger partial charge in [0.2, 0.25) is 29.5 Å². The van der Waals surface area contributed by atoms with Crippen molar-refractivity contribution in [2.75, 3.05) is 0 Å². The second kappa shape index (κ2) is 19.4. The zero-order valence-corrected chi connectivity index (χ0v) is 30.2. The van der Waals surface area contributed by atoms with E-state index in [-0.39, 0.29) is 30.6 Å². The Morgan fingerprint density at radius 3 is 2.16 bits per heavy atom. The molecule has 12 heteroatoms. The first-order valence-corrected chi connectivity index (χ1v) is 18.4. The zero-order valence-electron chi connectivity index (χ0n) is 30.2. The van der Waals surface area contributed by atoms with Crippen LogP contribution in [0.15, 0.2) is 54.6 Å². The maximum atomic E-state index is 13.4. The van der Waals surface area contributed by atoms with E-state index in [2.05, 4.69) is 26.6 Å². The lowest BCUT2D eigenvalue weighted by atomic mass is 9.83. The Balaban J connectivity index is 1.37. The van der Waals surface area contributed by atoms with Gasteiger partial charge in [-0.25, -0.2) is 0 Å². The van der Waals surface area contributed by atoms with Crippen LogP contribution in [0.3, 0.4) is 0 Å². The molecule has 0 spiro atoms. The molecule has 1 aliphatic heterocycles. The van der Waals surface area contributed by atoms with Gasteiger partial charge in [-0.1, -0.05) is 101 Å². The number of hydrogen-bond donors (Lipinski definition) is 7. The Hall–Kier alpha value is -4.29. The molecule has 0 aromatic heterocycles. The van der Waals surface area contributed by atoms with Crippen LogP contribution >= 0.6 is 0 Å². The van der Waals surface area contributed by atoms with Gasteiger partial charge in [-0.15, -0.1) is 0 Å². The maximum Gasteiger partial charge on any atom is 0.243 e. The summed E-state index contributed by atoms with van der Waals surface area (Å²) in [7, 11) is 0. The number of benzene rings is 2. The molecule has 2 aliphatic rings. The molecule has 2 aromatic rings. The van der Waals surface area contributed by atoms with Crippen LogP contribution in [-0.4, -0.2) is 71.0 Å². The van der Waals surface area contributed by atoms with Crippen molar-refractivity contribution >= 4 is 29.5 Å². The van der Waals surface area contributed by atoms with Crippen LogP contribution in [-0.2, 0) is 43.4 Å². The van der Waals surface area contributed by atoms with Gasteiger partial charge in [0.25, 0.3) is 0 Å². The molecule has 0 radical (unpaired) electrons. The number of fused-ring (bicyclic) bond motifs is 1. The minimum Gasteiger partial charge on any atom is -0.390 e. The number of nitrogens with one attached hydrogen (secondary N) is 5. The molecule has 1 unspecified atom stereocenters. The van der Waals surface area contributed by atoms with Crippen LogP contribution < -0.4 is 32.3 Å². The molecule has 5 amide bonds. The van der Waals surface area contributed by atoms with Gasteiger partial charge in [0, 0.05) is 13.0 Å². The van der Waals surface area contributed by atoms with Crippen molar-refractivity contribution in [1.29, 1.82) is 0 Å². The third-order valence-corrected chi connectivity index (χ3v) is 9.95. The van der Waals surface area contributed by atoms with Crippen LogP contribution in [0, 0.1) is 11.8 Å². The Morgan fingerprint density at radius 1 is 0.824 bits per heavy atom. The second-order valence-corrected chi connectivity index (χ2v) is 14.7. The van der Waals surface area contributed by atoms with Crippen molar-refractivity contribution in [3.05, 3.63) is 71.3 Å². The molecular weight excluding hydrogens is 648 g/mol. The average Bonchev–Trinajstić information content (AvgIpc) is 3.11. The lowest BCUT2D eigenvalue weighted by Gasteiger charge is -2.31. The van der Waals surface area contributed by atoms with E-state index in [1.165, 1.54) is 0 Å². The summed E-state index contributed by atoms with van der Waals surface area (Å²) in [6.07, 6.45) is 5.11. The van der Waals surface area contributed by atoms with E-state index in [9.17, 15) is 29.1 Å². The standard InChI is InChI=1S/C39H56N6O6/c1-24(2)18-33(39(51)45-31(36(40)48)20-27-14-8-5-9-15-27)43-35(47)22-34(46)30(19-26-12-6-4-7-13-26)44-37(49)25(3)42-38(50)32-21-28-16-10-11-17-29(28)23-41-32/h5,8-11,14-17,24-26,30-34,41,46H,4,6-7,12-13,18-23H2,1-3H3,(H2,40,48)(H,42,50)(H,43,47)(H,44,49)(H,45,51)/t25-,30-,31-,32?,33-,34-/m0/s1. The van der Waals surface area contributed by atoms with Gasteiger partial charge >= 0.3 is 0 Å². The largest absolute Gasteiger partial charge is 0.390 e. The molecule has 1 aliphatic carbocycles. The van der Waals surface area contributed by atoms with Crippen molar-refractivity contribution in [2.45, 2.75) is 128 Å². The number of nitrogens with two attached hydrogens (primary N) is 1. The van der Waals surface area contributed by atoms with E-state index in [1.807, 2.05) is 68.4 Å². The highest BCUT2D eigenvalue weighted by Gasteiger charge is 2.33. The smallest absolute Gasteiger partial charge is 0.243 e. The quantitative estimate of drug-likeness (QED) is 0.131. The van der Waals surface area contributed by atoms with Gasteiger partial charge in [-0.2, -0.15) is 0 Å². The van der Waals surface area contributed by atoms with Crippen LogP contribution in [0.1, 0.15) is 88.8 Å². The maximum absolute atomic E-state index is 13.4. The summed E-state index contributed by atoms with van der Waals surface area (Å²) in [4.78, 5) is 65.5. The van der Waals surface area contributed by atoms with Gasteiger partial charge in [0.15, 0.2) is 0 Å². The first kappa shape index (κ1) is 39.5. The van der Waals surface area contributed by atoms with Gasteiger partial charge in [0.05, 0.1) is 24.6 Å². The Labute approximate surface area is 301 Å². The highest BCUT2D eigenvalue weighted by molar-refractivity contribution is 5.92. The Kier molecular flexibility index (Phi) is 15.0. The Morgan fingerprint density at radius 2 is 1.49 bits per heavy atom. The van der Waals surface area contributed by atoms with E-state index in [0.29, 0.717) is 25.8 Å². The third-order valence-electron chi connectivity index (χ3n) is 9.95. The predicted octanol–water partition coefficient (Wildman–Crippen LogP) is 2.16. The molecule has 0 bridgehead atoms. The lowest BCUT2D eigenvalue weighted by molar-refractivity contribution is -0.133. The molecule has 0 saturated heterocycles. The molecule has 1 saturated carbocycles. The second-order valence-electron chi connectivity index (χ2n) is 14.7. The van der Waals surface area contributed by atoms with Crippen molar-refractivity contribution in [2.24, 2.45) is 17.6 Å². The van der Waals surface area contributed by atoms with Crippen molar-refractivity contribution in [1.82, 2.24) is 26.6 Å². The van der Waals surface area contributed by atoms with Crippen LogP contribution in [0.4, 0.5) is 0 Å². The third kappa shape index (κ3) is 12.5. The number of hydrogen-bond acceptors (Lipinski definition) is 7. The van der Waals surface area contributed by atoms with Crippen LogP contribution in [0.2, 0.25) is 0 Å². The van der Waals surface area contributed by atoms with Gasteiger partial charge in [-0.05, 0) is 54.7 Å². The number of amides is 5. The zero-order chi connectivity index (χ0) is 36.9. The number of primary amides is 1. The van der Waals surface area contributed by atoms with E-state index in [1.54, 1.807) is 6.92 Å². The molecule has 51 heavy (non-hydrogen) atoms. The van der Waals surface area contributed by atoms with Crippen LogP contribution in [0.25, 0.3) is 0 Å². The van der Waals surface area contributed by atoms with Crippen LogP contribution in [0.5, 0.6) is 0 Å². The number of aliphatic hydroxyl groups is 1. The Bertz CT molecular complexity index is 1480. The number of carbonyl (C=O) groups is 5. The molecule has 1 heterocycles. The molecule has 12 nitrogen and oxygen atoms in total. The van der Waals surface area contributed by atoms with E-state index < -0.39 is 59.9 Å². The molecular formula is C39H56N6O6. The molecule has 6 atom stereocenters. The van der Waals surface area contributed by atoms with Gasteiger partial charge in [-0.3, -0.25) is 24.0 Å². The fourth-order valence-corrected chi connectivity index (χ4v) is 7.05. The summed E-state index contributed by atoms with van der Waals surface area (Å²) in [5, 5.41) is 25.8. The molecule has 1 fully saturated rings. The minimum atomic E-state index is -1.24. The summed E-state index contributed by atoms with van der Waals surface area (Å²) in [6.45, 7) is 5.99. The first-order chi connectivity index (χ1) is 24.4. The summed E-state index contributed by atoms with van der Waals surface area (Å²) in [5.41, 5.74) is 8.68.